The van der Waals surface area contributed by atoms with Crippen LogP contribution in [0.25, 0.3) is 11.4 Å². The molecule has 0 amide bonds. The maximum absolute atomic E-state index is 13.7. The second kappa shape index (κ2) is 6.41. The minimum Gasteiger partial charge on any atom is -0.301 e. The van der Waals surface area contributed by atoms with E-state index in [0.717, 1.165) is 11.8 Å². The van der Waals surface area contributed by atoms with E-state index in [2.05, 4.69) is 10.1 Å². The van der Waals surface area contributed by atoms with E-state index in [1.165, 1.54) is 23.0 Å². The summed E-state index contributed by atoms with van der Waals surface area (Å²) in [7, 11) is 0. The molecule has 0 aliphatic carbocycles. The second-order valence-corrected chi connectivity index (χ2v) is 4.71. The van der Waals surface area contributed by atoms with Crippen LogP contribution in [0.5, 0.6) is 0 Å². The Hall–Kier alpha value is -2.04. The van der Waals surface area contributed by atoms with Gasteiger partial charge in [0.1, 0.15) is 23.2 Å². The Kier molecular flexibility index (Phi) is 5.13. The lowest BCUT2D eigenvalue weighted by molar-refractivity contribution is -0.114. The molecule has 0 aliphatic rings. The average molecular weight is 277 g/mol. The largest absolute Gasteiger partial charge is 0.301 e. The molecule has 0 fully saturated rings. The van der Waals surface area contributed by atoms with Crippen LogP contribution in [0.15, 0.2) is 24.5 Å². The fourth-order valence-corrected chi connectivity index (χ4v) is 1.60. The van der Waals surface area contributed by atoms with Gasteiger partial charge in [0, 0.05) is 12.4 Å². The van der Waals surface area contributed by atoms with Gasteiger partial charge in [0.15, 0.2) is 5.82 Å². The van der Waals surface area contributed by atoms with Crippen LogP contribution in [-0.2, 0) is 10.3 Å². The first-order valence-corrected chi connectivity index (χ1v) is 6.59. The number of aromatic nitrogens is 3. The molecule has 108 valence electrons. The minimum atomic E-state index is -0.756. The van der Waals surface area contributed by atoms with Crippen molar-refractivity contribution in [3.8, 4) is 11.4 Å². The van der Waals surface area contributed by atoms with E-state index in [1.807, 2.05) is 20.8 Å². The number of aldehydes is 1. The quantitative estimate of drug-likeness (QED) is 0.808. The van der Waals surface area contributed by atoms with Crippen molar-refractivity contribution in [3.63, 3.8) is 0 Å². The second-order valence-electron chi connectivity index (χ2n) is 4.71. The molecule has 2 aromatic heterocycles. The molecule has 0 saturated heterocycles. The molecule has 5 heteroatoms. The van der Waals surface area contributed by atoms with Crippen molar-refractivity contribution in [1.29, 1.82) is 0 Å². The van der Waals surface area contributed by atoms with Crippen molar-refractivity contribution in [2.75, 3.05) is 0 Å². The number of carbonyl (C=O) groups is 1. The molecular weight excluding hydrogens is 257 g/mol. The minimum absolute atomic E-state index is 0.204. The van der Waals surface area contributed by atoms with Gasteiger partial charge in [-0.25, -0.2) is 4.39 Å². The van der Waals surface area contributed by atoms with Crippen molar-refractivity contribution < 1.29 is 9.18 Å². The molecular formula is C15H20FN3O. The Bertz CT molecular complexity index is 591. The summed E-state index contributed by atoms with van der Waals surface area (Å²) in [6.45, 7) is 9.30. The Labute approximate surface area is 118 Å². The van der Waals surface area contributed by atoms with E-state index in [0.29, 0.717) is 5.69 Å². The number of hydrogen-bond donors (Lipinski definition) is 0. The summed E-state index contributed by atoms with van der Waals surface area (Å²) in [5.74, 6) is -0.422. The lowest BCUT2D eigenvalue weighted by Crippen LogP contribution is -2.28. The third kappa shape index (κ3) is 3.10. The van der Waals surface area contributed by atoms with Gasteiger partial charge in [-0.15, -0.1) is 0 Å². The average Bonchev–Trinajstić information content (AvgIpc) is 2.84. The number of nitrogens with zero attached hydrogens (tertiary/aromatic N) is 3. The van der Waals surface area contributed by atoms with E-state index < -0.39 is 11.4 Å². The molecule has 0 spiro atoms. The summed E-state index contributed by atoms with van der Waals surface area (Å²) in [5.41, 5.74) is 0.690. The summed E-state index contributed by atoms with van der Waals surface area (Å²) in [6, 6.07) is 2.87. The Morgan fingerprint density at radius 3 is 2.50 bits per heavy atom. The molecule has 0 bridgehead atoms. The first-order chi connectivity index (χ1) is 9.45. The molecule has 0 saturated carbocycles. The number of aryl methyl sites for hydroxylation is 1. The van der Waals surface area contributed by atoms with Crippen molar-refractivity contribution in [2.24, 2.45) is 0 Å². The van der Waals surface area contributed by atoms with Crippen LogP contribution in [0.2, 0.25) is 0 Å². The molecule has 0 aliphatic heterocycles. The van der Waals surface area contributed by atoms with Gasteiger partial charge in [0.2, 0.25) is 0 Å². The Morgan fingerprint density at radius 1 is 1.30 bits per heavy atom. The molecule has 2 aromatic rings. The molecule has 4 nitrogen and oxygen atoms in total. The van der Waals surface area contributed by atoms with Crippen LogP contribution < -0.4 is 0 Å². The van der Waals surface area contributed by atoms with Gasteiger partial charge in [-0.2, -0.15) is 5.10 Å². The molecule has 2 rings (SSSR count). The normalized spacial score (nSPS) is 10.7. The van der Waals surface area contributed by atoms with Gasteiger partial charge in [0.25, 0.3) is 0 Å². The number of carbonyl (C=O) groups excluding carboxylic acids is 1. The highest BCUT2D eigenvalue weighted by molar-refractivity contribution is 5.62. The highest BCUT2D eigenvalue weighted by atomic mass is 19.1. The number of pyridine rings is 1. The fraction of sp³-hybridized carbons (Fsp3) is 0.400. The van der Waals surface area contributed by atoms with Crippen LogP contribution in [0.4, 0.5) is 4.39 Å². The zero-order chi connectivity index (χ0) is 15.3. The maximum atomic E-state index is 13.7. The summed E-state index contributed by atoms with van der Waals surface area (Å²) in [6.07, 6.45) is 4.04. The SMILES string of the molecule is CC.Cc1cn(C(C)(C)C=O)nc1-c1ncccc1F. The zero-order valence-electron chi connectivity index (χ0n) is 12.5. The highest BCUT2D eigenvalue weighted by Gasteiger charge is 2.23. The van der Waals surface area contributed by atoms with Gasteiger partial charge in [-0.3, -0.25) is 9.67 Å². The van der Waals surface area contributed by atoms with Gasteiger partial charge < -0.3 is 4.79 Å². The highest BCUT2D eigenvalue weighted by Crippen LogP contribution is 2.24. The third-order valence-corrected chi connectivity index (χ3v) is 2.76. The number of hydrogen-bond acceptors (Lipinski definition) is 3. The molecule has 0 N–H and O–H groups in total. The zero-order valence-corrected chi connectivity index (χ0v) is 12.5. The Balaban J connectivity index is 0.000000956. The molecule has 0 radical (unpaired) electrons. The molecule has 0 unspecified atom stereocenters. The van der Waals surface area contributed by atoms with Crippen LogP contribution >= 0.6 is 0 Å². The van der Waals surface area contributed by atoms with E-state index in [1.54, 1.807) is 20.0 Å². The first-order valence-electron chi connectivity index (χ1n) is 6.59. The van der Waals surface area contributed by atoms with Gasteiger partial charge in [-0.1, -0.05) is 13.8 Å². The fourth-order valence-electron chi connectivity index (χ4n) is 1.60. The summed E-state index contributed by atoms with van der Waals surface area (Å²) in [5, 5.41) is 4.27. The monoisotopic (exact) mass is 277 g/mol. The topological polar surface area (TPSA) is 47.8 Å². The molecule has 0 atom stereocenters. The van der Waals surface area contributed by atoms with Crippen LogP contribution in [-0.4, -0.2) is 21.1 Å². The van der Waals surface area contributed by atoms with Gasteiger partial charge >= 0.3 is 0 Å². The molecule has 20 heavy (non-hydrogen) atoms. The lowest BCUT2D eigenvalue weighted by Gasteiger charge is -2.17. The van der Waals surface area contributed by atoms with Crippen molar-refractivity contribution >= 4 is 6.29 Å². The van der Waals surface area contributed by atoms with Crippen molar-refractivity contribution in [2.45, 2.75) is 40.2 Å². The standard InChI is InChI=1S/C13H14FN3O.C2H6/c1-9-7-17(13(2,3)8-18)16-11(9)12-10(14)5-4-6-15-12;1-2/h4-8H,1-3H3;1-2H3. The third-order valence-electron chi connectivity index (χ3n) is 2.76. The number of halogens is 1. The predicted octanol–water partition coefficient (Wildman–Crippen LogP) is 3.35. The van der Waals surface area contributed by atoms with E-state index in [4.69, 9.17) is 0 Å². The predicted molar refractivity (Wildman–Crippen MR) is 76.9 cm³/mol. The Morgan fingerprint density at radius 2 is 1.95 bits per heavy atom. The molecule has 0 aromatic carbocycles. The van der Waals surface area contributed by atoms with Crippen LogP contribution in [0, 0.1) is 12.7 Å². The van der Waals surface area contributed by atoms with Crippen molar-refractivity contribution in [1.82, 2.24) is 14.8 Å². The van der Waals surface area contributed by atoms with Gasteiger partial charge in [0.05, 0.1) is 0 Å². The summed E-state index contributed by atoms with van der Waals surface area (Å²) in [4.78, 5) is 15.0. The van der Waals surface area contributed by atoms with E-state index in [9.17, 15) is 9.18 Å². The summed E-state index contributed by atoms with van der Waals surface area (Å²) < 4.78 is 15.2. The molecule has 2 heterocycles. The van der Waals surface area contributed by atoms with E-state index >= 15 is 0 Å². The van der Waals surface area contributed by atoms with Gasteiger partial charge in [-0.05, 0) is 38.5 Å². The summed E-state index contributed by atoms with van der Waals surface area (Å²) >= 11 is 0. The first kappa shape index (κ1) is 16.0. The van der Waals surface area contributed by atoms with Crippen molar-refractivity contribution in [3.05, 3.63) is 35.9 Å². The van der Waals surface area contributed by atoms with Crippen LogP contribution in [0.1, 0.15) is 33.3 Å². The van der Waals surface area contributed by atoms with E-state index in [-0.39, 0.29) is 5.69 Å². The smallest absolute Gasteiger partial charge is 0.151 e. The maximum Gasteiger partial charge on any atom is 0.151 e. The van der Waals surface area contributed by atoms with Crippen LogP contribution in [0.3, 0.4) is 0 Å². The lowest BCUT2D eigenvalue weighted by atomic mass is 10.1. The number of rotatable bonds is 3.